The highest BCUT2D eigenvalue weighted by Gasteiger charge is 2.33. The molecular formula is C21H22N2O5. The number of amidine groups is 1. The van der Waals surface area contributed by atoms with Crippen molar-refractivity contribution in [1.29, 1.82) is 0 Å². The van der Waals surface area contributed by atoms with Crippen LogP contribution in [-0.4, -0.2) is 37.2 Å². The highest BCUT2D eigenvalue weighted by molar-refractivity contribution is 6.00. The Morgan fingerprint density at radius 1 is 1.18 bits per heavy atom. The zero-order valence-corrected chi connectivity index (χ0v) is 15.9. The van der Waals surface area contributed by atoms with Gasteiger partial charge in [0.15, 0.2) is 17.3 Å². The number of hydrogen-bond acceptors (Lipinski definition) is 7. The van der Waals surface area contributed by atoms with Gasteiger partial charge in [0.2, 0.25) is 13.0 Å². The van der Waals surface area contributed by atoms with Crippen molar-refractivity contribution in [2.75, 3.05) is 20.4 Å². The number of methoxy groups -OCH3 is 1. The second kappa shape index (κ2) is 7.80. The number of oxime groups is 1. The lowest BCUT2D eigenvalue weighted by molar-refractivity contribution is 0.00847. The molecule has 0 bridgehead atoms. The van der Waals surface area contributed by atoms with Crippen LogP contribution in [0, 0.1) is 0 Å². The van der Waals surface area contributed by atoms with E-state index in [9.17, 15) is 4.79 Å². The molecule has 1 unspecified atom stereocenters. The molecule has 0 fully saturated rings. The van der Waals surface area contributed by atoms with E-state index in [-0.39, 0.29) is 19.0 Å². The fourth-order valence-corrected chi connectivity index (χ4v) is 3.27. The van der Waals surface area contributed by atoms with Gasteiger partial charge in [0, 0.05) is 17.7 Å². The molecule has 0 aromatic heterocycles. The predicted octanol–water partition coefficient (Wildman–Crippen LogP) is 3.69. The minimum absolute atomic E-state index is 0.234. The molecule has 1 atom stereocenters. The average molecular weight is 382 g/mol. The lowest BCUT2D eigenvalue weighted by atomic mass is 10.1. The Balaban J connectivity index is 1.60. The summed E-state index contributed by atoms with van der Waals surface area (Å²) in [6, 6.07) is 13.0. The fraction of sp³-hybridized carbons (Fsp3) is 0.333. The summed E-state index contributed by atoms with van der Waals surface area (Å²) in [4.78, 5) is 19.6. The quantitative estimate of drug-likeness (QED) is 0.710. The van der Waals surface area contributed by atoms with Crippen molar-refractivity contribution in [3.05, 3.63) is 59.2 Å². The van der Waals surface area contributed by atoms with E-state index in [1.165, 1.54) is 7.11 Å². The third kappa shape index (κ3) is 3.35. The molecule has 7 nitrogen and oxygen atoms in total. The third-order valence-electron chi connectivity index (χ3n) is 4.79. The maximum atomic E-state index is 11.7. The highest BCUT2D eigenvalue weighted by Crippen LogP contribution is 2.38. The minimum Gasteiger partial charge on any atom is -0.465 e. The van der Waals surface area contributed by atoms with E-state index >= 15 is 0 Å². The molecule has 2 heterocycles. The number of fused-ring (bicyclic) bond motifs is 1. The van der Waals surface area contributed by atoms with Gasteiger partial charge in [0.25, 0.3) is 0 Å². The van der Waals surface area contributed by atoms with Crippen molar-refractivity contribution in [3.63, 3.8) is 0 Å². The van der Waals surface area contributed by atoms with E-state index < -0.39 is 0 Å². The molecule has 2 aliphatic heterocycles. The lowest BCUT2D eigenvalue weighted by Gasteiger charge is -2.25. The first kappa shape index (κ1) is 18.2. The molecule has 0 N–H and O–H groups in total. The van der Waals surface area contributed by atoms with Crippen LogP contribution in [0.5, 0.6) is 11.5 Å². The first-order chi connectivity index (χ1) is 13.7. The number of carbonyl (C=O) groups is 1. The van der Waals surface area contributed by atoms with Crippen molar-refractivity contribution >= 4 is 11.8 Å². The second-order valence-electron chi connectivity index (χ2n) is 6.60. The van der Waals surface area contributed by atoms with Crippen LogP contribution in [0.25, 0.3) is 0 Å². The van der Waals surface area contributed by atoms with E-state index in [0.717, 1.165) is 42.1 Å². The molecule has 0 spiro atoms. The number of carbonyl (C=O) groups excluding carboxylic acids is 1. The van der Waals surface area contributed by atoms with E-state index in [4.69, 9.17) is 19.0 Å². The van der Waals surface area contributed by atoms with Gasteiger partial charge >= 0.3 is 5.97 Å². The summed E-state index contributed by atoms with van der Waals surface area (Å²) in [5.41, 5.74) is 2.33. The Bertz CT molecular complexity index is 894. The van der Waals surface area contributed by atoms with Gasteiger partial charge in [-0.05, 0) is 36.8 Å². The standard InChI is InChI=1S/C21H22N2O5/c1-3-4-11-23-19(14-5-7-15(8-6-14)21(24)25-2)22-28-20(23)16-9-10-17-18(12-16)27-13-26-17/h5-10,12,20H,3-4,11,13H2,1-2H3. The molecule has 146 valence electrons. The number of esters is 1. The van der Waals surface area contributed by atoms with Gasteiger partial charge in [-0.1, -0.05) is 30.6 Å². The maximum absolute atomic E-state index is 11.7. The summed E-state index contributed by atoms with van der Waals surface area (Å²) in [7, 11) is 1.37. The fourth-order valence-electron chi connectivity index (χ4n) is 3.27. The zero-order valence-electron chi connectivity index (χ0n) is 15.9. The topological polar surface area (TPSA) is 69.6 Å². The van der Waals surface area contributed by atoms with Crippen molar-refractivity contribution in [1.82, 2.24) is 4.90 Å². The second-order valence-corrected chi connectivity index (χ2v) is 6.60. The van der Waals surface area contributed by atoms with Crippen LogP contribution in [-0.2, 0) is 9.57 Å². The van der Waals surface area contributed by atoms with Gasteiger partial charge in [-0.2, -0.15) is 0 Å². The molecule has 0 radical (unpaired) electrons. The summed E-state index contributed by atoms with van der Waals surface area (Å²) in [6.45, 7) is 3.18. The van der Waals surface area contributed by atoms with Crippen LogP contribution in [0.2, 0.25) is 0 Å². The Hall–Kier alpha value is -3.22. The maximum Gasteiger partial charge on any atom is 0.337 e. The van der Waals surface area contributed by atoms with Crippen LogP contribution in [0.4, 0.5) is 0 Å². The first-order valence-electron chi connectivity index (χ1n) is 9.30. The third-order valence-corrected chi connectivity index (χ3v) is 4.79. The van der Waals surface area contributed by atoms with E-state index in [2.05, 4.69) is 17.0 Å². The Morgan fingerprint density at radius 3 is 2.71 bits per heavy atom. The Kier molecular flexibility index (Phi) is 5.06. The number of unbranched alkanes of at least 4 members (excludes halogenated alkanes) is 1. The summed E-state index contributed by atoms with van der Waals surface area (Å²) in [6.07, 6.45) is 1.72. The molecule has 28 heavy (non-hydrogen) atoms. The largest absolute Gasteiger partial charge is 0.465 e. The molecule has 0 saturated heterocycles. The minimum atomic E-state index is -0.364. The number of ether oxygens (including phenoxy) is 3. The molecule has 4 rings (SSSR count). The van der Waals surface area contributed by atoms with Gasteiger partial charge in [0.1, 0.15) is 0 Å². The zero-order chi connectivity index (χ0) is 19.5. The van der Waals surface area contributed by atoms with Crippen molar-refractivity contribution in [3.8, 4) is 11.5 Å². The number of rotatable bonds is 6. The molecule has 0 saturated carbocycles. The monoisotopic (exact) mass is 382 g/mol. The Labute approximate surface area is 163 Å². The number of benzene rings is 2. The number of hydrogen-bond donors (Lipinski definition) is 0. The van der Waals surface area contributed by atoms with Crippen molar-refractivity contribution < 1.29 is 23.8 Å². The molecule has 2 aliphatic rings. The molecule has 2 aromatic carbocycles. The Morgan fingerprint density at radius 2 is 1.96 bits per heavy atom. The predicted molar refractivity (Wildman–Crippen MR) is 102 cm³/mol. The molecule has 7 heteroatoms. The van der Waals surface area contributed by atoms with Crippen LogP contribution >= 0.6 is 0 Å². The summed E-state index contributed by atoms with van der Waals surface area (Å²) in [5, 5.41) is 4.34. The summed E-state index contributed by atoms with van der Waals surface area (Å²) >= 11 is 0. The van der Waals surface area contributed by atoms with Gasteiger partial charge in [-0.3, -0.25) is 0 Å². The van der Waals surface area contributed by atoms with Gasteiger partial charge in [0.05, 0.1) is 12.7 Å². The van der Waals surface area contributed by atoms with Crippen LogP contribution < -0.4 is 9.47 Å². The van der Waals surface area contributed by atoms with E-state index in [0.29, 0.717) is 11.3 Å². The summed E-state index contributed by atoms with van der Waals surface area (Å²) < 4.78 is 15.7. The molecule has 2 aromatic rings. The smallest absolute Gasteiger partial charge is 0.337 e. The van der Waals surface area contributed by atoms with Crippen LogP contribution in [0.3, 0.4) is 0 Å². The van der Waals surface area contributed by atoms with Crippen molar-refractivity contribution in [2.24, 2.45) is 5.16 Å². The summed E-state index contributed by atoms with van der Waals surface area (Å²) in [5.74, 6) is 1.83. The highest BCUT2D eigenvalue weighted by atomic mass is 16.7. The van der Waals surface area contributed by atoms with Gasteiger partial charge < -0.3 is 23.9 Å². The van der Waals surface area contributed by atoms with E-state index in [1.54, 1.807) is 12.1 Å². The van der Waals surface area contributed by atoms with Gasteiger partial charge in [-0.25, -0.2) is 4.79 Å². The van der Waals surface area contributed by atoms with Crippen LogP contribution in [0.15, 0.2) is 47.6 Å². The first-order valence-corrected chi connectivity index (χ1v) is 9.30. The molecular weight excluding hydrogens is 360 g/mol. The van der Waals surface area contributed by atoms with E-state index in [1.807, 2.05) is 30.3 Å². The van der Waals surface area contributed by atoms with Crippen molar-refractivity contribution in [2.45, 2.75) is 26.0 Å². The SMILES string of the molecule is CCCCN1C(c2ccc(C(=O)OC)cc2)=NOC1c1ccc2c(c1)OCO2. The number of nitrogens with zero attached hydrogens (tertiary/aromatic N) is 2. The normalized spacial score (nSPS) is 17.3. The van der Waals surface area contributed by atoms with Crippen LogP contribution in [0.1, 0.15) is 47.5 Å². The average Bonchev–Trinajstić information content (AvgIpc) is 3.37. The lowest BCUT2D eigenvalue weighted by Crippen LogP contribution is -2.32. The molecule has 0 amide bonds. The molecule has 0 aliphatic carbocycles. The van der Waals surface area contributed by atoms with Gasteiger partial charge in [-0.15, -0.1) is 0 Å².